The Morgan fingerprint density at radius 3 is 2.71 bits per heavy atom. The van der Waals surface area contributed by atoms with Crippen LogP contribution in [0.2, 0.25) is 5.02 Å². The minimum absolute atomic E-state index is 0.654. The summed E-state index contributed by atoms with van der Waals surface area (Å²) in [4.78, 5) is 2.34. The number of benzene rings is 2. The van der Waals surface area contributed by atoms with Crippen LogP contribution in [0.1, 0.15) is 23.1 Å². The summed E-state index contributed by atoms with van der Waals surface area (Å²) < 4.78 is 0. The number of hydrogen-bond donors (Lipinski definition) is 1. The fraction of sp³-hybridized carbons (Fsp3) is 0.333. The number of fused-ring (bicyclic) bond motifs is 1. The van der Waals surface area contributed by atoms with Crippen molar-refractivity contribution < 1.29 is 0 Å². The minimum Gasteiger partial charge on any atom is -0.340 e. The molecule has 0 radical (unpaired) electrons. The number of nitrogens with two attached hydrogens (primary N) is 1. The Bertz CT molecular complexity index is 652. The first-order chi connectivity index (χ1) is 10.2. The molecule has 0 amide bonds. The molecule has 3 heteroatoms. The maximum Gasteiger partial charge on any atom is 0.0645 e. The smallest absolute Gasteiger partial charge is 0.0645 e. The van der Waals surface area contributed by atoms with Crippen LogP contribution in [0.5, 0.6) is 0 Å². The molecule has 1 aliphatic heterocycles. The van der Waals surface area contributed by atoms with Gasteiger partial charge in [0.05, 0.1) is 10.7 Å². The third-order valence-electron chi connectivity index (χ3n) is 4.09. The third kappa shape index (κ3) is 2.92. The normalized spacial score (nSPS) is 14.1. The van der Waals surface area contributed by atoms with Crippen molar-refractivity contribution in [1.82, 2.24) is 0 Å². The van der Waals surface area contributed by atoms with Gasteiger partial charge in [-0.25, -0.2) is 0 Å². The van der Waals surface area contributed by atoms with Crippen molar-refractivity contribution in [3.8, 4) is 0 Å². The molecule has 2 N–H and O–H groups in total. The van der Waals surface area contributed by atoms with Crippen LogP contribution < -0.4 is 10.6 Å². The molecule has 0 spiro atoms. The molecule has 21 heavy (non-hydrogen) atoms. The first-order valence-corrected chi connectivity index (χ1v) is 7.92. The van der Waals surface area contributed by atoms with Crippen LogP contribution >= 0.6 is 11.6 Å². The molecule has 0 aromatic heterocycles. The highest BCUT2D eigenvalue weighted by molar-refractivity contribution is 6.33. The van der Waals surface area contributed by atoms with E-state index in [0.717, 1.165) is 36.5 Å². The molecular formula is C18H21ClN2. The summed E-state index contributed by atoms with van der Waals surface area (Å²) in [5.74, 6) is 0. The summed E-state index contributed by atoms with van der Waals surface area (Å²) in [6, 6.07) is 13.0. The summed E-state index contributed by atoms with van der Waals surface area (Å²) in [6.45, 7) is 3.82. The maximum absolute atomic E-state index is 6.51. The minimum atomic E-state index is 0.654. The second kappa shape index (κ2) is 6.08. The van der Waals surface area contributed by atoms with E-state index in [2.05, 4.69) is 42.2 Å². The number of halogens is 1. The molecule has 0 saturated carbocycles. The lowest BCUT2D eigenvalue weighted by molar-refractivity contribution is 0.766. The molecule has 3 rings (SSSR count). The number of hydrogen-bond acceptors (Lipinski definition) is 2. The van der Waals surface area contributed by atoms with Crippen LogP contribution in [-0.2, 0) is 12.8 Å². The number of nitrogens with zero attached hydrogens (tertiary/aromatic N) is 1. The zero-order valence-electron chi connectivity index (χ0n) is 12.4. The zero-order chi connectivity index (χ0) is 14.8. The van der Waals surface area contributed by atoms with Crippen LogP contribution in [0.3, 0.4) is 0 Å². The third-order valence-corrected chi connectivity index (χ3v) is 4.39. The predicted octanol–water partition coefficient (Wildman–Crippen LogP) is 4.23. The lowest BCUT2D eigenvalue weighted by Crippen LogP contribution is -2.24. The zero-order valence-corrected chi connectivity index (χ0v) is 13.2. The molecule has 0 fully saturated rings. The Kier molecular flexibility index (Phi) is 4.18. The second-order valence-electron chi connectivity index (χ2n) is 5.71. The van der Waals surface area contributed by atoms with Gasteiger partial charge < -0.3 is 10.6 Å². The van der Waals surface area contributed by atoms with E-state index in [1.807, 2.05) is 6.07 Å². The van der Waals surface area contributed by atoms with E-state index < -0.39 is 0 Å². The van der Waals surface area contributed by atoms with Crippen molar-refractivity contribution in [2.24, 2.45) is 5.73 Å². The Hall–Kier alpha value is -1.51. The Labute approximate surface area is 131 Å². The van der Waals surface area contributed by atoms with Crippen molar-refractivity contribution in [3.63, 3.8) is 0 Å². The van der Waals surface area contributed by atoms with E-state index >= 15 is 0 Å². The van der Waals surface area contributed by atoms with Gasteiger partial charge in [-0.3, -0.25) is 0 Å². The second-order valence-corrected chi connectivity index (χ2v) is 6.12. The largest absolute Gasteiger partial charge is 0.340 e. The predicted molar refractivity (Wildman–Crippen MR) is 90.7 cm³/mol. The van der Waals surface area contributed by atoms with Crippen molar-refractivity contribution in [3.05, 3.63) is 58.1 Å². The van der Waals surface area contributed by atoms with Crippen LogP contribution in [0.4, 0.5) is 11.4 Å². The van der Waals surface area contributed by atoms with E-state index in [-0.39, 0.29) is 0 Å². The maximum atomic E-state index is 6.51. The molecule has 0 bridgehead atoms. The summed E-state index contributed by atoms with van der Waals surface area (Å²) in [5.41, 5.74) is 11.9. The van der Waals surface area contributed by atoms with Gasteiger partial charge >= 0.3 is 0 Å². The summed E-state index contributed by atoms with van der Waals surface area (Å²) in [5, 5.41) is 0.814. The summed E-state index contributed by atoms with van der Waals surface area (Å²) >= 11 is 6.51. The van der Waals surface area contributed by atoms with E-state index in [0.29, 0.717) is 6.54 Å². The van der Waals surface area contributed by atoms with Gasteiger partial charge in [-0.1, -0.05) is 35.4 Å². The number of anilines is 2. The molecule has 1 aliphatic rings. The Morgan fingerprint density at radius 2 is 1.95 bits per heavy atom. The highest BCUT2D eigenvalue weighted by atomic mass is 35.5. The number of rotatable bonds is 3. The molecule has 2 aromatic carbocycles. The summed E-state index contributed by atoms with van der Waals surface area (Å²) in [7, 11) is 0. The molecule has 0 atom stereocenters. The molecule has 0 saturated heterocycles. The van der Waals surface area contributed by atoms with Gasteiger partial charge in [0, 0.05) is 12.2 Å². The highest BCUT2D eigenvalue weighted by Gasteiger charge is 2.20. The lowest BCUT2D eigenvalue weighted by Gasteiger charge is -2.32. The van der Waals surface area contributed by atoms with E-state index in [4.69, 9.17) is 17.3 Å². The standard InChI is InChI=1S/C18H21ClN2/c1-13-4-6-17-15(11-13)3-2-10-21(17)18-7-5-14(8-9-20)12-16(18)19/h4-7,11-12H,2-3,8-10,20H2,1H3. The first kappa shape index (κ1) is 14.4. The average Bonchev–Trinajstić information content (AvgIpc) is 2.47. The molecule has 110 valence electrons. The van der Waals surface area contributed by atoms with Crippen LogP contribution in [0.25, 0.3) is 0 Å². The molecule has 0 unspecified atom stereocenters. The molecule has 2 nitrogen and oxygen atoms in total. The highest BCUT2D eigenvalue weighted by Crippen LogP contribution is 2.37. The van der Waals surface area contributed by atoms with Crippen LogP contribution in [0, 0.1) is 6.92 Å². The fourth-order valence-corrected chi connectivity index (χ4v) is 3.37. The lowest BCUT2D eigenvalue weighted by atomic mass is 9.98. The van der Waals surface area contributed by atoms with Crippen molar-refractivity contribution in [2.75, 3.05) is 18.0 Å². The summed E-state index contributed by atoms with van der Waals surface area (Å²) in [6.07, 6.45) is 3.18. The van der Waals surface area contributed by atoms with Gasteiger partial charge in [0.1, 0.15) is 0 Å². The van der Waals surface area contributed by atoms with Crippen LogP contribution in [-0.4, -0.2) is 13.1 Å². The van der Waals surface area contributed by atoms with Gasteiger partial charge in [0.25, 0.3) is 0 Å². The van der Waals surface area contributed by atoms with E-state index in [9.17, 15) is 0 Å². The quantitative estimate of drug-likeness (QED) is 0.919. The van der Waals surface area contributed by atoms with Gasteiger partial charge in [-0.05, 0) is 62.1 Å². The van der Waals surface area contributed by atoms with Crippen molar-refractivity contribution >= 4 is 23.0 Å². The molecule has 2 aromatic rings. The van der Waals surface area contributed by atoms with E-state index in [1.165, 1.54) is 22.4 Å². The van der Waals surface area contributed by atoms with Crippen LogP contribution in [0.15, 0.2) is 36.4 Å². The molecule has 0 aliphatic carbocycles. The first-order valence-electron chi connectivity index (χ1n) is 7.54. The number of aryl methyl sites for hydroxylation is 2. The van der Waals surface area contributed by atoms with Gasteiger partial charge in [0.2, 0.25) is 0 Å². The van der Waals surface area contributed by atoms with Gasteiger partial charge in [-0.15, -0.1) is 0 Å². The van der Waals surface area contributed by atoms with Crippen molar-refractivity contribution in [2.45, 2.75) is 26.2 Å². The fourth-order valence-electron chi connectivity index (χ4n) is 3.07. The van der Waals surface area contributed by atoms with Gasteiger partial charge in [-0.2, -0.15) is 0 Å². The Morgan fingerprint density at radius 1 is 1.14 bits per heavy atom. The molecule has 1 heterocycles. The monoisotopic (exact) mass is 300 g/mol. The molecular weight excluding hydrogens is 280 g/mol. The van der Waals surface area contributed by atoms with E-state index in [1.54, 1.807) is 0 Å². The SMILES string of the molecule is Cc1ccc2c(c1)CCCN2c1ccc(CCN)cc1Cl. The average molecular weight is 301 g/mol. The topological polar surface area (TPSA) is 29.3 Å². The Balaban J connectivity index is 1.99. The van der Waals surface area contributed by atoms with Crippen molar-refractivity contribution in [1.29, 1.82) is 0 Å². The van der Waals surface area contributed by atoms with Gasteiger partial charge in [0.15, 0.2) is 0 Å².